The van der Waals surface area contributed by atoms with Crippen LogP contribution in [0.4, 0.5) is 0 Å². The fourth-order valence-electron chi connectivity index (χ4n) is 14.5. The van der Waals surface area contributed by atoms with E-state index in [1.54, 1.807) is 27.7 Å². The first-order valence-electron chi connectivity index (χ1n) is 36.3. The SMILES string of the molecule is CC(C)(C1CCC(OCCO)CC1)C1CCC(OCCO)CC1.CC(C)(c1ccc(OCCO)cc1)c1ccc(OCCO)cc1.CC(O)COC1CCC(C(C)(C)C2CCC(OCC(C)O)CC2)CC1.CC(O)COc1ccc(C(C)(C)c2ccc(OCC(C)O)cc2)cc1. The summed E-state index contributed by atoms with van der Waals surface area (Å²) in [4.78, 5) is 0. The van der Waals surface area contributed by atoms with Gasteiger partial charge in [-0.1, -0.05) is 104 Å². The zero-order valence-electron chi connectivity index (χ0n) is 60.8. The van der Waals surface area contributed by atoms with Gasteiger partial charge >= 0.3 is 0 Å². The van der Waals surface area contributed by atoms with E-state index < -0.39 is 12.2 Å². The Morgan fingerprint density at radius 2 is 0.500 bits per heavy atom. The molecule has 0 saturated heterocycles. The molecule has 4 aliphatic rings. The van der Waals surface area contributed by atoms with Gasteiger partial charge in [0.1, 0.15) is 49.4 Å². The number of rotatable bonds is 32. The Morgan fingerprint density at radius 3 is 0.708 bits per heavy atom. The lowest BCUT2D eigenvalue weighted by molar-refractivity contribution is -0.0568. The van der Waals surface area contributed by atoms with E-state index >= 15 is 0 Å². The highest BCUT2D eigenvalue weighted by Gasteiger charge is 2.42. The van der Waals surface area contributed by atoms with Crippen molar-refractivity contribution in [2.45, 2.75) is 245 Å². The third kappa shape index (κ3) is 27.6. The molecule has 4 saturated carbocycles. The molecule has 0 aromatic heterocycles. The number of aliphatic hydroxyl groups is 8. The molecule has 4 unspecified atom stereocenters. The molecule has 4 fully saturated rings. The molecule has 96 heavy (non-hydrogen) atoms. The van der Waals surface area contributed by atoms with Crippen molar-refractivity contribution in [1.29, 1.82) is 0 Å². The molecule has 4 aromatic rings. The third-order valence-corrected chi connectivity index (χ3v) is 20.9. The van der Waals surface area contributed by atoms with E-state index in [2.05, 4.69) is 79.7 Å². The van der Waals surface area contributed by atoms with E-state index in [1.165, 1.54) is 73.6 Å². The Bertz CT molecular complexity index is 2450. The standard InChI is InChI=1S/C21H40O4.C21H28O4.C19H36O4.C19H24O4/c2*1-15(22)13-24-19-9-5-17(6-10-19)21(3,4)18-7-11-20(12-8-18)25-14-16(2)23;2*1-19(2,15-3-7-17(8-4-15)22-13-11-20)16-5-9-18(10-6-16)23-14-12-21/h15-20,22-23H,5-14H2,1-4H3;5-12,15-16,22-23H,13-14H2,1-4H3;15-18,20-21H,3-14H2,1-2H3;3-10,20-21H,11-14H2,1-2H3. The van der Waals surface area contributed by atoms with E-state index in [9.17, 15) is 20.4 Å². The zero-order chi connectivity index (χ0) is 70.3. The van der Waals surface area contributed by atoms with Crippen LogP contribution in [0.2, 0.25) is 0 Å². The van der Waals surface area contributed by atoms with Gasteiger partial charge < -0.3 is 78.7 Å². The summed E-state index contributed by atoms with van der Waals surface area (Å²) in [5.41, 5.74) is 5.17. The maximum atomic E-state index is 9.38. The van der Waals surface area contributed by atoms with E-state index in [-0.39, 0.29) is 62.7 Å². The van der Waals surface area contributed by atoms with Crippen molar-refractivity contribution in [1.82, 2.24) is 0 Å². The summed E-state index contributed by atoms with van der Waals surface area (Å²) < 4.78 is 44.9. The van der Waals surface area contributed by atoms with Crippen LogP contribution in [-0.4, -0.2) is 169 Å². The Kier molecular flexibility index (Phi) is 36.0. The molecule has 0 bridgehead atoms. The normalized spacial score (nSPS) is 23.0. The fraction of sp³-hybridized carbons (Fsp3) is 0.700. The number of hydrogen-bond donors (Lipinski definition) is 8. The van der Waals surface area contributed by atoms with Crippen molar-refractivity contribution in [2.24, 2.45) is 34.5 Å². The molecule has 16 nitrogen and oxygen atoms in total. The Hall–Kier alpha value is -4.40. The fourth-order valence-corrected chi connectivity index (χ4v) is 14.5. The second kappa shape index (κ2) is 42.0. The molecular weight excluding hydrogens is 1220 g/mol. The smallest absolute Gasteiger partial charge is 0.119 e. The molecule has 8 N–H and O–H groups in total. The van der Waals surface area contributed by atoms with Crippen LogP contribution in [0.15, 0.2) is 97.1 Å². The van der Waals surface area contributed by atoms with Crippen molar-refractivity contribution in [3.8, 4) is 23.0 Å². The molecule has 4 aliphatic carbocycles. The summed E-state index contributed by atoms with van der Waals surface area (Å²) in [5, 5.41) is 72.7. The van der Waals surface area contributed by atoms with Gasteiger partial charge in [-0.05, 0) is 236 Å². The van der Waals surface area contributed by atoms with Crippen LogP contribution >= 0.6 is 0 Å². The zero-order valence-corrected chi connectivity index (χ0v) is 60.8. The Morgan fingerprint density at radius 1 is 0.292 bits per heavy atom. The number of ether oxygens (including phenoxy) is 8. The van der Waals surface area contributed by atoms with Crippen LogP contribution in [0.1, 0.15) is 208 Å². The number of aliphatic hydroxyl groups excluding tert-OH is 8. The van der Waals surface area contributed by atoms with Crippen molar-refractivity contribution >= 4 is 0 Å². The summed E-state index contributed by atoms with van der Waals surface area (Å²) in [6, 6.07) is 31.8. The minimum atomic E-state index is -0.481. The van der Waals surface area contributed by atoms with Crippen LogP contribution in [0.25, 0.3) is 0 Å². The summed E-state index contributed by atoms with van der Waals surface area (Å²) in [6.07, 6.45) is 18.8. The van der Waals surface area contributed by atoms with E-state index in [4.69, 9.17) is 58.3 Å². The highest BCUT2D eigenvalue weighted by molar-refractivity contribution is 5.43. The molecule has 4 atom stereocenters. The highest BCUT2D eigenvalue weighted by atomic mass is 16.5. The minimum absolute atomic E-state index is 0.0119. The van der Waals surface area contributed by atoms with Crippen molar-refractivity contribution in [3.63, 3.8) is 0 Å². The average molecular weight is 1350 g/mol. The summed E-state index contributed by atoms with van der Waals surface area (Å²) >= 11 is 0. The molecule has 0 radical (unpaired) electrons. The average Bonchev–Trinajstić information content (AvgIpc) is 0.867. The molecule has 4 aromatic carbocycles. The molecule has 0 amide bonds. The summed E-state index contributed by atoms with van der Waals surface area (Å²) in [6.45, 7) is 28.9. The molecular formula is C80H128O16. The van der Waals surface area contributed by atoms with Gasteiger partial charge in [0.2, 0.25) is 0 Å². The third-order valence-electron chi connectivity index (χ3n) is 20.9. The predicted molar refractivity (Wildman–Crippen MR) is 381 cm³/mol. The van der Waals surface area contributed by atoms with Crippen LogP contribution in [0, 0.1) is 34.5 Å². The van der Waals surface area contributed by atoms with Gasteiger partial charge in [-0.2, -0.15) is 0 Å². The molecule has 0 spiro atoms. The van der Waals surface area contributed by atoms with Gasteiger partial charge in [0.05, 0.1) is 102 Å². The Labute approximate surface area is 577 Å². The van der Waals surface area contributed by atoms with Crippen LogP contribution < -0.4 is 18.9 Å². The second-order valence-electron chi connectivity index (χ2n) is 29.9. The molecule has 0 heterocycles. The van der Waals surface area contributed by atoms with E-state index in [0.717, 1.165) is 98.0 Å². The van der Waals surface area contributed by atoms with Crippen molar-refractivity contribution in [2.75, 3.05) is 79.3 Å². The number of benzene rings is 4. The highest BCUT2D eigenvalue weighted by Crippen LogP contribution is 2.51. The van der Waals surface area contributed by atoms with Crippen LogP contribution in [0.5, 0.6) is 23.0 Å². The summed E-state index contributed by atoms with van der Waals surface area (Å²) in [7, 11) is 0. The van der Waals surface area contributed by atoms with Crippen LogP contribution in [-0.2, 0) is 29.8 Å². The second-order valence-corrected chi connectivity index (χ2v) is 29.9. The summed E-state index contributed by atoms with van der Waals surface area (Å²) in [5.74, 6) is 6.15. The van der Waals surface area contributed by atoms with Gasteiger partial charge in [0.25, 0.3) is 0 Å². The first kappa shape index (κ1) is 82.3. The Balaban J connectivity index is 0.000000232. The van der Waals surface area contributed by atoms with Gasteiger partial charge in [-0.25, -0.2) is 0 Å². The van der Waals surface area contributed by atoms with Crippen LogP contribution in [0.3, 0.4) is 0 Å². The number of hydrogen-bond acceptors (Lipinski definition) is 16. The monoisotopic (exact) mass is 1340 g/mol. The first-order chi connectivity index (χ1) is 45.7. The molecule has 16 heteroatoms. The molecule has 0 aliphatic heterocycles. The topological polar surface area (TPSA) is 236 Å². The minimum Gasteiger partial charge on any atom is -0.491 e. The van der Waals surface area contributed by atoms with Gasteiger partial charge in [0.15, 0.2) is 0 Å². The van der Waals surface area contributed by atoms with Crippen molar-refractivity contribution in [3.05, 3.63) is 119 Å². The first-order valence-corrected chi connectivity index (χ1v) is 36.3. The maximum Gasteiger partial charge on any atom is 0.119 e. The van der Waals surface area contributed by atoms with Gasteiger partial charge in [-0.15, -0.1) is 0 Å². The largest absolute Gasteiger partial charge is 0.491 e. The molecule has 544 valence electrons. The van der Waals surface area contributed by atoms with E-state index in [0.29, 0.717) is 74.9 Å². The van der Waals surface area contributed by atoms with E-state index in [1.807, 2.05) is 72.8 Å². The maximum absolute atomic E-state index is 9.38. The van der Waals surface area contributed by atoms with Crippen molar-refractivity contribution < 1.29 is 78.7 Å². The lowest BCUT2D eigenvalue weighted by atomic mass is 9.60. The quantitative estimate of drug-likeness (QED) is 0.0227. The predicted octanol–water partition coefficient (Wildman–Crippen LogP) is 13.4. The molecule has 8 rings (SSSR count). The van der Waals surface area contributed by atoms with Gasteiger partial charge in [0, 0.05) is 10.8 Å². The van der Waals surface area contributed by atoms with Gasteiger partial charge in [-0.3, -0.25) is 0 Å². The lowest BCUT2D eigenvalue weighted by Gasteiger charge is -2.46. The lowest BCUT2D eigenvalue weighted by Crippen LogP contribution is -2.39.